The van der Waals surface area contributed by atoms with Crippen LogP contribution in [-0.4, -0.2) is 9.91 Å². The summed E-state index contributed by atoms with van der Waals surface area (Å²) in [6.45, 7) is 0. The normalized spacial score (nSPS) is 10.1. The molecule has 1 aromatic carbocycles. The van der Waals surface area contributed by atoms with Gasteiger partial charge in [0.05, 0.1) is 14.4 Å². The SMILES string of the molecule is O=[N+]([O-])c1ccc(Oc2ncccc2Br)c(Cl)c1. The van der Waals surface area contributed by atoms with Gasteiger partial charge in [-0.25, -0.2) is 4.98 Å². The van der Waals surface area contributed by atoms with E-state index in [9.17, 15) is 10.1 Å². The molecule has 0 spiro atoms. The molecule has 0 saturated heterocycles. The van der Waals surface area contributed by atoms with Crippen LogP contribution in [0, 0.1) is 10.1 Å². The van der Waals surface area contributed by atoms with Gasteiger partial charge in [-0.1, -0.05) is 11.6 Å². The topological polar surface area (TPSA) is 65.3 Å². The summed E-state index contributed by atoms with van der Waals surface area (Å²) in [5, 5.41) is 10.7. The highest BCUT2D eigenvalue weighted by Crippen LogP contribution is 2.33. The van der Waals surface area contributed by atoms with E-state index >= 15 is 0 Å². The van der Waals surface area contributed by atoms with Crippen LogP contribution in [0.1, 0.15) is 0 Å². The maximum absolute atomic E-state index is 10.6. The third-order valence-corrected chi connectivity index (χ3v) is 2.96. The van der Waals surface area contributed by atoms with Crippen LogP contribution in [0.2, 0.25) is 5.02 Å². The Morgan fingerprint density at radius 2 is 2.17 bits per heavy atom. The van der Waals surface area contributed by atoms with Gasteiger partial charge in [0.2, 0.25) is 5.88 Å². The van der Waals surface area contributed by atoms with Gasteiger partial charge in [0.25, 0.3) is 5.69 Å². The van der Waals surface area contributed by atoms with Gasteiger partial charge >= 0.3 is 0 Å². The van der Waals surface area contributed by atoms with Crippen molar-refractivity contribution in [1.82, 2.24) is 4.98 Å². The highest BCUT2D eigenvalue weighted by atomic mass is 79.9. The average molecular weight is 330 g/mol. The number of aromatic nitrogens is 1. The van der Waals surface area contributed by atoms with E-state index in [1.165, 1.54) is 18.2 Å². The lowest BCUT2D eigenvalue weighted by molar-refractivity contribution is -0.384. The molecule has 0 atom stereocenters. The van der Waals surface area contributed by atoms with Crippen molar-refractivity contribution in [2.75, 3.05) is 0 Å². The second kappa shape index (κ2) is 5.32. The minimum absolute atomic E-state index is 0.0903. The van der Waals surface area contributed by atoms with E-state index in [1.54, 1.807) is 18.3 Å². The van der Waals surface area contributed by atoms with Crippen molar-refractivity contribution in [3.63, 3.8) is 0 Å². The monoisotopic (exact) mass is 328 g/mol. The molecule has 0 radical (unpaired) electrons. The summed E-state index contributed by atoms with van der Waals surface area (Å²) >= 11 is 9.18. The fourth-order valence-electron chi connectivity index (χ4n) is 1.24. The van der Waals surface area contributed by atoms with Gasteiger partial charge in [-0.2, -0.15) is 0 Å². The van der Waals surface area contributed by atoms with Crippen molar-refractivity contribution >= 4 is 33.2 Å². The minimum atomic E-state index is -0.521. The minimum Gasteiger partial charge on any atom is -0.436 e. The summed E-state index contributed by atoms with van der Waals surface area (Å²) in [5.41, 5.74) is -0.0903. The second-order valence-electron chi connectivity index (χ2n) is 3.26. The number of non-ortho nitro benzene ring substituents is 1. The molecule has 0 amide bonds. The molecule has 0 aliphatic heterocycles. The zero-order valence-corrected chi connectivity index (χ0v) is 11.2. The number of rotatable bonds is 3. The standard InChI is InChI=1S/C11H6BrClN2O3/c12-8-2-1-5-14-11(8)18-10-4-3-7(15(16)17)6-9(10)13/h1-6H. The van der Waals surface area contributed by atoms with E-state index in [2.05, 4.69) is 20.9 Å². The Bertz CT molecular complexity index is 607. The molecule has 5 nitrogen and oxygen atoms in total. The van der Waals surface area contributed by atoms with Crippen molar-refractivity contribution < 1.29 is 9.66 Å². The third-order valence-electron chi connectivity index (χ3n) is 2.06. The molecule has 0 unspecified atom stereocenters. The number of nitro groups is 1. The fraction of sp³-hybridized carbons (Fsp3) is 0. The summed E-state index contributed by atoms with van der Waals surface area (Å²) in [6.07, 6.45) is 1.57. The van der Waals surface area contributed by atoms with Crippen molar-refractivity contribution in [3.05, 3.63) is 56.1 Å². The zero-order valence-electron chi connectivity index (χ0n) is 8.84. The summed E-state index contributed by atoms with van der Waals surface area (Å²) in [7, 11) is 0. The molecule has 0 fully saturated rings. The summed E-state index contributed by atoms with van der Waals surface area (Å²) < 4.78 is 6.13. The van der Waals surface area contributed by atoms with E-state index in [4.69, 9.17) is 16.3 Å². The number of hydrogen-bond donors (Lipinski definition) is 0. The molecular formula is C11H6BrClN2O3. The molecule has 0 saturated carbocycles. The van der Waals surface area contributed by atoms with Crippen LogP contribution < -0.4 is 4.74 Å². The lowest BCUT2D eigenvalue weighted by Gasteiger charge is -2.07. The number of hydrogen-bond acceptors (Lipinski definition) is 4. The quantitative estimate of drug-likeness (QED) is 0.625. The molecule has 0 aliphatic carbocycles. The van der Waals surface area contributed by atoms with Crippen LogP contribution in [-0.2, 0) is 0 Å². The first kappa shape index (κ1) is 12.8. The first-order chi connectivity index (χ1) is 8.58. The molecule has 1 heterocycles. The molecule has 92 valence electrons. The van der Waals surface area contributed by atoms with Crippen LogP contribution >= 0.6 is 27.5 Å². The van der Waals surface area contributed by atoms with Crippen molar-refractivity contribution in [2.24, 2.45) is 0 Å². The number of ether oxygens (including phenoxy) is 1. The molecule has 18 heavy (non-hydrogen) atoms. The Balaban J connectivity index is 2.30. The van der Waals surface area contributed by atoms with Gasteiger partial charge in [0.1, 0.15) is 5.75 Å². The summed E-state index contributed by atoms with van der Waals surface area (Å²) in [6, 6.07) is 7.49. The largest absolute Gasteiger partial charge is 0.436 e. The van der Waals surface area contributed by atoms with E-state index in [-0.39, 0.29) is 10.7 Å². The van der Waals surface area contributed by atoms with Crippen LogP contribution in [0.3, 0.4) is 0 Å². The molecule has 0 aliphatic rings. The van der Waals surface area contributed by atoms with Gasteiger partial charge < -0.3 is 4.74 Å². The number of halogens is 2. The van der Waals surface area contributed by atoms with Crippen LogP contribution in [0.25, 0.3) is 0 Å². The highest BCUT2D eigenvalue weighted by Gasteiger charge is 2.12. The molecule has 0 bridgehead atoms. The average Bonchev–Trinajstić information content (AvgIpc) is 2.34. The Kier molecular flexibility index (Phi) is 3.78. The predicted octanol–water partition coefficient (Wildman–Crippen LogP) is 4.20. The molecular weight excluding hydrogens is 323 g/mol. The molecule has 2 rings (SSSR count). The first-order valence-corrected chi connectivity index (χ1v) is 5.97. The smallest absolute Gasteiger partial charge is 0.271 e. The van der Waals surface area contributed by atoms with Crippen molar-refractivity contribution in [2.45, 2.75) is 0 Å². The Labute approximate surface area is 116 Å². The molecule has 7 heteroatoms. The summed E-state index contributed by atoms with van der Waals surface area (Å²) in [5.74, 6) is 0.648. The van der Waals surface area contributed by atoms with E-state index in [0.717, 1.165) is 0 Å². The molecule has 2 aromatic rings. The Hall–Kier alpha value is -1.66. The van der Waals surface area contributed by atoms with Crippen molar-refractivity contribution in [1.29, 1.82) is 0 Å². The number of nitrogens with zero attached hydrogens (tertiary/aromatic N) is 2. The Morgan fingerprint density at radius 1 is 1.39 bits per heavy atom. The van der Waals surface area contributed by atoms with Crippen molar-refractivity contribution in [3.8, 4) is 11.6 Å². The third kappa shape index (κ3) is 2.77. The predicted molar refractivity (Wildman–Crippen MR) is 70.1 cm³/mol. The maximum atomic E-state index is 10.6. The van der Waals surface area contributed by atoms with E-state index in [1.807, 2.05) is 0 Å². The summed E-state index contributed by atoms with van der Waals surface area (Å²) in [4.78, 5) is 14.1. The van der Waals surface area contributed by atoms with Gasteiger partial charge in [-0.3, -0.25) is 10.1 Å². The van der Waals surface area contributed by atoms with E-state index < -0.39 is 4.92 Å². The number of benzene rings is 1. The van der Waals surface area contributed by atoms with Crippen LogP contribution in [0.5, 0.6) is 11.6 Å². The van der Waals surface area contributed by atoms with Gasteiger partial charge in [-0.05, 0) is 34.1 Å². The van der Waals surface area contributed by atoms with E-state index in [0.29, 0.717) is 16.1 Å². The van der Waals surface area contributed by atoms with Gasteiger partial charge in [-0.15, -0.1) is 0 Å². The zero-order chi connectivity index (χ0) is 13.1. The Morgan fingerprint density at radius 3 is 2.78 bits per heavy atom. The lowest BCUT2D eigenvalue weighted by atomic mass is 10.3. The molecule has 1 aromatic heterocycles. The number of nitro benzene ring substituents is 1. The highest BCUT2D eigenvalue weighted by molar-refractivity contribution is 9.10. The van der Waals surface area contributed by atoms with Crippen LogP contribution in [0.15, 0.2) is 41.0 Å². The second-order valence-corrected chi connectivity index (χ2v) is 4.53. The lowest BCUT2D eigenvalue weighted by Crippen LogP contribution is -1.91. The first-order valence-electron chi connectivity index (χ1n) is 4.80. The fourth-order valence-corrected chi connectivity index (χ4v) is 1.79. The van der Waals surface area contributed by atoms with Crippen LogP contribution in [0.4, 0.5) is 5.69 Å². The molecule has 0 N–H and O–H groups in total. The maximum Gasteiger partial charge on any atom is 0.271 e. The van der Waals surface area contributed by atoms with Gasteiger partial charge in [0, 0.05) is 18.3 Å². The van der Waals surface area contributed by atoms with Gasteiger partial charge in [0.15, 0.2) is 0 Å². The number of pyridine rings is 1.